The summed E-state index contributed by atoms with van der Waals surface area (Å²) in [5.41, 5.74) is 7.73. The van der Waals surface area contributed by atoms with Gasteiger partial charge in [0.1, 0.15) is 0 Å². The smallest absolute Gasteiger partial charge is 0.0701 e. The van der Waals surface area contributed by atoms with E-state index in [1.807, 2.05) is 6.92 Å². The molecule has 0 atom stereocenters. The van der Waals surface area contributed by atoms with Gasteiger partial charge in [-0.1, -0.05) is 91.8 Å². The van der Waals surface area contributed by atoms with Crippen LogP contribution in [-0.4, -0.2) is 11.4 Å². The van der Waals surface area contributed by atoms with Crippen molar-refractivity contribution in [2.75, 3.05) is 0 Å². The van der Waals surface area contributed by atoms with Crippen molar-refractivity contribution in [2.24, 2.45) is 4.99 Å². The number of benzene rings is 2. The maximum absolute atomic E-state index is 11.4. The summed E-state index contributed by atoms with van der Waals surface area (Å²) in [6.45, 7) is 19.4. The van der Waals surface area contributed by atoms with Gasteiger partial charge in [-0.25, -0.2) is 0 Å². The average molecular weight is 448 g/mol. The van der Waals surface area contributed by atoms with Crippen LogP contribution in [0.25, 0.3) is 5.41 Å². The summed E-state index contributed by atoms with van der Waals surface area (Å²) < 4.78 is 0. The van der Waals surface area contributed by atoms with Crippen molar-refractivity contribution in [1.82, 2.24) is 0 Å². The zero-order valence-corrected chi connectivity index (χ0v) is 21.0. The van der Waals surface area contributed by atoms with Gasteiger partial charge in [-0.2, -0.15) is 0 Å². The predicted octanol–water partition coefficient (Wildman–Crippen LogP) is 8.33. The Kier molecular flexibility index (Phi) is 9.69. The molecule has 0 saturated heterocycles. The first-order valence-electron chi connectivity index (χ1n) is 10.9. The molecular weight excluding hydrogens is 411 g/mol. The Balaban J connectivity index is 0.00000450. The minimum atomic E-state index is 0. The van der Waals surface area contributed by atoms with Crippen LogP contribution >= 0.6 is 0 Å². The fraction of sp³-hybridized carbons (Fsp3) is 0.481. The third-order valence-corrected chi connectivity index (χ3v) is 5.57. The summed E-state index contributed by atoms with van der Waals surface area (Å²) in [6, 6.07) is 12.8. The maximum Gasteiger partial charge on any atom is 0.0701 e. The normalized spacial score (nSPS) is 12.1. The molecule has 0 aliphatic carbocycles. The minimum absolute atomic E-state index is 0. The molecule has 0 aliphatic heterocycles. The van der Waals surface area contributed by atoms with Gasteiger partial charge in [0, 0.05) is 22.2 Å². The van der Waals surface area contributed by atoms with Crippen molar-refractivity contribution in [3.8, 4) is 0 Å². The fourth-order valence-electron chi connectivity index (χ4n) is 3.87. The molecule has 0 fully saturated rings. The molecule has 0 aliphatic rings. The van der Waals surface area contributed by atoms with Gasteiger partial charge in [0.05, 0.1) is 5.69 Å². The monoisotopic (exact) mass is 447 g/mol. The quantitative estimate of drug-likeness (QED) is 0.302. The Bertz CT molecular complexity index is 853. The molecule has 2 nitrogen and oxygen atoms in total. The predicted molar refractivity (Wildman–Crippen MR) is 129 cm³/mol. The van der Waals surface area contributed by atoms with Gasteiger partial charge >= 0.3 is 0 Å². The molecule has 3 heteroatoms. The van der Waals surface area contributed by atoms with Crippen molar-refractivity contribution in [2.45, 2.75) is 86.0 Å². The van der Waals surface area contributed by atoms with Gasteiger partial charge in [0.15, 0.2) is 0 Å². The van der Waals surface area contributed by atoms with Crippen LogP contribution in [0.2, 0.25) is 0 Å². The fourth-order valence-corrected chi connectivity index (χ4v) is 3.87. The topological polar surface area (TPSA) is 34.7 Å². The van der Waals surface area contributed by atoms with E-state index in [-0.39, 0.29) is 16.5 Å². The van der Waals surface area contributed by atoms with Crippen molar-refractivity contribution in [3.63, 3.8) is 0 Å². The van der Waals surface area contributed by atoms with E-state index in [1.54, 1.807) is 0 Å². The molecule has 0 heterocycles. The number of rotatable bonds is 7. The summed E-state index contributed by atoms with van der Waals surface area (Å²) >= 11 is 0. The number of aliphatic imine (C=N–C) groups is 1. The summed E-state index contributed by atoms with van der Waals surface area (Å²) in [7, 11) is 0. The molecule has 0 saturated carbocycles. The van der Waals surface area contributed by atoms with Crippen molar-refractivity contribution < 1.29 is 16.5 Å². The second-order valence-corrected chi connectivity index (χ2v) is 9.26. The molecule has 2 aromatic carbocycles. The molecule has 0 aromatic heterocycles. The van der Waals surface area contributed by atoms with Crippen LogP contribution in [0.5, 0.6) is 0 Å². The molecule has 30 heavy (non-hydrogen) atoms. The van der Waals surface area contributed by atoms with Crippen LogP contribution in [0, 0.1) is 0 Å². The Morgan fingerprint density at radius 3 is 1.33 bits per heavy atom. The first kappa shape index (κ1) is 26.3. The Labute approximate surface area is 194 Å². The molecule has 2 aromatic rings. The van der Waals surface area contributed by atoms with Gasteiger partial charge < -0.3 is 5.41 Å². The van der Waals surface area contributed by atoms with Gasteiger partial charge in [-0.05, 0) is 58.4 Å². The summed E-state index contributed by atoms with van der Waals surface area (Å²) in [4.78, 5) is 5.01. The summed E-state index contributed by atoms with van der Waals surface area (Å²) in [6.07, 6.45) is 0. The molecule has 0 amide bonds. The SMILES string of the molecule is CC(=Nc1c(C(C)C)cccc1C(C)C)C(=[N-])c1c(C(C)C)cccc1C(C)C.[Ni]. The Morgan fingerprint density at radius 1 is 0.667 bits per heavy atom. The zero-order valence-electron chi connectivity index (χ0n) is 20.0. The first-order chi connectivity index (χ1) is 13.6. The summed E-state index contributed by atoms with van der Waals surface area (Å²) in [5, 5.41) is 11.4. The van der Waals surface area contributed by atoms with E-state index in [2.05, 4.69) is 91.8 Å². The third kappa shape index (κ3) is 5.70. The molecule has 2 rings (SSSR count). The molecule has 0 N–H and O–H groups in total. The van der Waals surface area contributed by atoms with E-state index in [0.29, 0.717) is 35.1 Å². The largest absolute Gasteiger partial charge is 0.802 e. The van der Waals surface area contributed by atoms with Crippen molar-refractivity contribution in [1.29, 1.82) is 0 Å². The molecule has 166 valence electrons. The molecule has 0 spiro atoms. The van der Waals surface area contributed by atoms with Crippen LogP contribution < -0.4 is 0 Å². The molecule has 0 bridgehead atoms. The van der Waals surface area contributed by atoms with Crippen molar-refractivity contribution >= 4 is 17.1 Å². The van der Waals surface area contributed by atoms with E-state index < -0.39 is 0 Å². The second kappa shape index (κ2) is 11.1. The third-order valence-electron chi connectivity index (χ3n) is 5.57. The van der Waals surface area contributed by atoms with Crippen molar-refractivity contribution in [3.05, 3.63) is 69.6 Å². The van der Waals surface area contributed by atoms with Crippen LogP contribution in [0.1, 0.15) is 114 Å². The van der Waals surface area contributed by atoms with Crippen LogP contribution in [0.3, 0.4) is 0 Å². The van der Waals surface area contributed by atoms with Gasteiger partial charge in [-0.3, -0.25) is 4.99 Å². The molecular formula is C27H37N2Ni-. The van der Waals surface area contributed by atoms with E-state index >= 15 is 0 Å². The number of nitrogens with zero attached hydrogens (tertiary/aromatic N) is 2. The number of hydrogen-bond donors (Lipinski definition) is 0. The Hall–Kier alpha value is -1.73. The second-order valence-electron chi connectivity index (χ2n) is 9.26. The van der Waals surface area contributed by atoms with Crippen LogP contribution in [0.15, 0.2) is 41.4 Å². The average Bonchev–Trinajstić information content (AvgIpc) is 2.66. The van der Waals surface area contributed by atoms with Crippen LogP contribution in [-0.2, 0) is 16.5 Å². The maximum atomic E-state index is 11.4. The first-order valence-corrected chi connectivity index (χ1v) is 10.9. The Morgan fingerprint density at radius 2 is 1.00 bits per heavy atom. The summed E-state index contributed by atoms with van der Waals surface area (Å²) in [5.74, 6) is 1.40. The van der Waals surface area contributed by atoms with E-state index in [4.69, 9.17) is 4.99 Å². The van der Waals surface area contributed by atoms with E-state index in [9.17, 15) is 5.41 Å². The zero-order chi connectivity index (χ0) is 21.9. The number of hydrogen-bond acceptors (Lipinski definition) is 1. The minimum Gasteiger partial charge on any atom is -0.802 e. The van der Waals surface area contributed by atoms with Gasteiger partial charge in [0.25, 0.3) is 0 Å². The van der Waals surface area contributed by atoms with Crippen LogP contribution in [0.4, 0.5) is 5.69 Å². The number of para-hydroxylation sites is 1. The standard InChI is InChI=1S/C27H37N2.Ni/c1-16(2)21-12-10-13-22(17(3)4)25(21)26(28)20(9)29-27-23(18(5)6)14-11-15-24(27)19(7)8;/h10-19H,1-9H3;/q-1;. The molecule has 0 radical (unpaired) electrons. The molecule has 0 unspecified atom stereocenters. The van der Waals surface area contributed by atoms with Gasteiger partial charge in [0.2, 0.25) is 0 Å². The van der Waals surface area contributed by atoms with Gasteiger partial charge in [-0.15, -0.1) is 5.71 Å². The van der Waals surface area contributed by atoms with E-state index in [0.717, 1.165) is 11.3 Å². The van der Waals surface area contributed by atoms with E-state index in [1.165, 1.54) is 22.3 Å².